The molecule has 1 heterocycles. The smallest absolute Gasteiger partial charge is 0.147 e. The maximum atomic E-state index is 13.1. The van der Waals surface area contributed by atoms with E-state index in [2.05, 4.69) is 0 Å². The summed E-state index contributed by atoms with van der Waals surface area (Å²) in [6.45, 7) is 3.90. The average Bonchev–Trinajstić information content (AvgIpc) is 2.72. The van der Waals surface area contributed by atoms with Crippen molar-refractivity contribution in [3.8, 4) is 0 Å². The van der Waals surface area contributed by atoms with Gasteiger partial charge < -0.3 is 14.3 Å². The lowest BCUT2D eigenvalue weighted by atomic mass is 9.88. The van der Waals surface area contributed by atoms with Gasteiger partial charge in [0.05, 0.1) is 6.61 Å². The van der Waals surface area contributed by atoms with Crippen molar-refractivity contribution in [3.05, 3.63) is 35.8 Å². The number of fused-ring (bicyclic) bond motifs is 1. The van der Waals surface area contributed by atoms with Gasteiger partial charge in [-0.2, -0.15) is 0 Å². The SMILES string of the molecule is COCC(O)(c1cc2cc(F)ccc2o1)C(C)C. The summed E-state index contributed by atoms with van der Waals surface area (Å²) >= 11 is 0. The molecule has 1 aromatic carbocycles. The molecular weight excluding hydrogens is 235 g/mol. The number of hydrogen-bond donors (Lipinski definition) is 1. The highest BCUT2D eigenvalue weighted by atomic mass is 19.1. The van der Waals surface area contributed by atoms with Crippen LogP contribution in [-0.2, 0) is 10.3 Å². The first-order valence-electron chi connectivity index (χ1n) is 5.88. The Bertz CT molecular complexity index is 547. The zero-order valence-corrected chi connectivity index (χ0v) is 10.7. The van der Waals surface area contributed by atoms with Gasteiger partial charge in [-0.3, -0.25) is 0 Å². The third kappa shape index (κ3) is 2.13. The van der Waals surface area contributed by atoms with Crippen molar-refractivity contribution >= 4 is 11.0 Å². The number of halogens is 1. The van der Waals surface area contributed by atoms with Crippen LogP contribution in [0.2, 0.25) is 0 Å². The van der Waals surface area contributed by atoms with Crippen LogP contribution in [0.3, 0.4) is 0 Å². The monoisotopic (exact) mass is 252 g/mol. The molecule has 0 spiro atoms. The van der Waals surface area contributed by atoms with Gasteiger partial charge in [0.1, 0.15) is 22.8 Å². The van der Waals surface area contributed by atoms with E-state index in [1.165, 1.54) is 19.2 Å². The maximum Gasteiger partial charge on any atom is 0.147 e. The zero-order valence-electron chi connectivity index (χ0n) is 10.7. The predicted molar refractivity (Wildman–Crippen MR) is 66.8 cm³/mol. The maximum absolute atomic E-state index is 13.1. The van der Waals surface area contributed by atoms with E-state index in [1.54, 1.807) is 12.1 Å². The molecule has 0 aliphatic heterocycles. The normalized spacial score (nSPS) is 15.2. The summed E-state index contributed by atoms with van der Waals surface area (Å²) < 4.78 is 23.8. The van der Waals surface area contributed by atoms with Gasteiger partial charge in [0.15, 0.2) is 0 Å². The van der Waals surface area contributed by atoms with Gasteiger partial charge in [0.25, 0.3) is 0 Å². The van der Waals surface area contributed by atoms with E-state index in [-0.39, 0.29) is 18.3 Å². The molecule has 0 aliphatic carbocycles. The van der Waals surface area contributed by atoms with Crippen LogP contribution < -0.4 is 0 Å². The molecule has 4 heteroatoms. The van der Waals surface area contributed by atoms with E-state index < -0.39 is 5.60 Å². The van der Waals surface area contributed by atoms with Crippen molar-refractivity contribution in [2.75, 3.05) is 13.7 Å². The highest BCUT2D eigenvalue weighted by Gasteiger charge is 2.36. The largest absolute Gasteiger partial charge is 0.458 e. The summed E-state index contributed by atoms with van der Waals surface area (Å²) in [4.78, 5) is 0. The molecule has 0 saturated heterocycles. The van der Waals surface area contributed by atoms with E-state index >= 15 is 0 Å². The van der Waals surface area contributed by atoms with Gasteiger partial charge in [-0.25, -0.2) is 4.39 Å². The summed E-state index contributed by atoms with van der Waals surface area (Å²) in [7, 11) is 1.52. The molecule has 0 amide bonds. The highest BCUT2D eigenvalue weighted by molar-refractivity contribution is 5.78. The lowest BCUT2D eigenvalue weighted by molar-refractivity contribution is -0.0833. The Balaban J connectivity index is 2.51. The minimum atomic E-state index is -1.20. The van der Waals surface area contributed by atoms with E-state index in [9.17, 15) is 9.50 Å². The average molecular weight is 252 g/mol. The molecule has 0 bridgehead atoms. The minimum absolute atomic E-state index is 0.0807. The van der Waals surface area contributed by atoms with Crippen LogP contribution in [0.5, 0.6) is 0 Å². The summed E-state index contributed by atoms with van der Waals surface area (Å²) in [6.07, 6.45) is 0. The van der Waals surface area contributed by atoms with Crippen molar-refractivity contribution in [1.82, 2.24) is 0 Å². The van der Waals surface area contributed by atoms with E-state index in [1.807, 2.05) is 13.8 Å². The van der Waals surface area contributed by atoms with Crippen molar-refractivity contribution < 1.29 is 18.7 Å². The molecule has 1 N–H and O–H groups in total. The van der Waals surface area contributed by atoms with Gasteiger partial charge in [-0.05, 0) is 30.2 Å². The molecule has 0 saturated carbocycles. The van der Waals surface area contributed by atoms with Crippen molar-refractivity contribution in [1.29, 1.82) is 0 Å². The van der Waals surface area contributed by atoms with Crippen LogP contribution in [0.4, 0.5) is 4.39 Å². The molecule has 1 unspecified atom stereocenters. The number of methoxy groups -OCH3 is 1. The number of aliphatic hydroxyl groups is 1. The molecule has 98 valence electrons. The molecule has 1 atom stereocenters. The lowest BCUT2D eigenvalue weighted by Gasteiger charge is -2.29. The second kappa shape index (κ2) is 4.71. The van der Waals surface area contributed by atoms with Crippen LogP contribution in [0.15, 0.2) is 28.7 Å². The predicted octanol–water partition coefficient (Wildman–Crippen LogP) is 3.06. The number of furan rings is 1. The Hall–Kier alpha value is -1.39. The Morgan fingerprint density at radius 2 is 2.11 bits per heavy atom. The zero-order chi connectivity index (χ0) is 13.3. The van der Waals surface area contributed by atoms with Gasteiger partial charge in [-0.15, -0.1) is 0 Å². The highest BCUT2D eigenvalue weighted by Crippen LogP contribution is 2.34. The molecular formula is C14H17FO3. The molecule has 0 aliphatic rings. The second-order valence-electron chi connectivity index (χ2n) is 4.80. The molecule has 3 nitrogen and oxygen atoms in total. The number of benzene rings is 1. The molecule has 2 aromatic rings. The first-order valence-corrected chi connectivity index (χ1v) is 5.88. The fourth-order valence-corrected chi connectivity index (χ4v) is 1.97. The topological polar surface area (TPSA) is 42.6 Å². The molecule has 2 rings (SSSR count). The summed E-state index contributed by atoms with van der Waals surface area (Å²) in [5.74, 6) is -0.00233. The molecule has 18 heavy (non-hydrogen) atoms. The summed E-state index contributed by atoms with van der Waals surface area (Å²) in [6, 6.07) is 5.94. The van der Waals surface area contributed by atoms with Gasteiger partial charge in [0, 0.05) is 12.5 Å². The van der Waals surface area contributed by atoms with Gasteiger partial charge in [0.2, 0.25) is 0 Å². The summed E-state index contributed by atoms with van der Waals surface area (Å²) in [5, 5.41) is 11.3. The van der Waals surface area contributed by atoms with Crippen LogP contribution in [0.1, 0.15) is 19.6 Å². The van der Waals surface area contributed by atoms with E-state index in [0.29, 0.717) is 16.7 Å². The number of rotatable bonds is 4. The standard InChI is InChI=1S/C14H17FO3/c1-9(2)14(16,8-17-3)13-7-10-6-11(15)4-5-12(10)18-13/h4-7,9,16H,8H2,1-3H3. The molecule has 0 radical (unpaired) electrons. The summed E-state index contributed by atoms with van der Waals surface area (Å²) in [5.41, 5.74) is -0.647. The van der Waals surface area contributed by atoms with Crippen molar-refractivity contribution in [2.45, 2.75) is 19.4 Å². The first kappa shape index (κ1) is 13.1. The third-order valence-electron chi connectivity index (χ3n) is 3.22. The van der Waals surface area contributed by atoms with Crippen molar-refractivity contribution in [3.63, 3.8) is 0 Å². The van der Waals surface area contributed by atoms with Crippen LogP contribution >= 0.6 is 0 Å². The van der Waals surface area contributed by atoms with Crippen LogP contribution in [0.25, 0.3) is 11.0 Å². The van der Waals surface area contributed by atoms with Crippen LogP contribution in [-0.4, -0.2) is 18.8 Å². The van der Waals surface area contributed by atoms with Gasteiger partial charge in [-0.1, -0.05) is 13.8 Å². The fraction of sp³-hybridized carbons (Fsp3) is 0.429. The van der Waals surface area contributed by atoms with E-state index in [0.717, 1.165) is 0 Å². The van der Waals surface area contributed by atoms with Gasteiger partial charge >= 0.3 is 0 Å². The van der Waals surface area contributed by atoms with Crippen LogP contribution in [0, 0.1) is 11.7 Å². The Morgan fingerprint density at radius 3 is 2.72 bits per heavy atom. The quantitative estimate of drug-likeness (QED) is 0.909. The van der Waals surface area contributed by atoms with E-state index in [4.69, 9.17) is 9.15 Å². The Labute approximate surface area is 105 Å². The molecule has 1 aromatic heterocycles. The number of hydrogen-bond acceptors (Lipinski definition) is 3. The lowest BCUT2D eigenvalue weighted by Crippen LogP contribution is -2.36. The Kier molecular flexibility index (Phi) is 3.41. The Morgan fingerprint density at radius 1 is 1.39 bits per heavy atom. The molecule has 0 fully saturated rings. The minimum Gasteiger partial charge on any atom is -0.458 e. The first-order chi connectivity index (χ1) is 8.47. The number of ether oxygens (including phenoxy) is 1. The second-order valence-corrected chi connectivity index (χ2v) is 4.80. The van der Waals surface area contributed by atoms with Crippen molar-refractivity contribution in [2.24, 2.45) is 5.92 Å². The third-order valence-corrected chi connectivity index (χ3v) is 3.22. The fourth-order valence-electron chi connectivity index (χ4n) is 1.97.